The Balaban J connectivity index is 2.10. The minimum Gasteiger partial charge on any atom is -0.493 e. The maximum Gasteiger partial charge on any atom is 0.328 e. The van der Waals surface area contributed by atoms with E-state index in [2.05, 4.69) is 10.3 Å². The van der Waals surface area contributed by atoms with E-state index in [4.69, 9.17) is 35.3 Å². The SMILES string of the molecule is COc1ccnc(C(=O)N[C@@H](C)C(=O)OC(C(C)C)[C@H](C)Oc2ccc(C)cc2Cl)c1OCOC(C)=O. The third-order valence-electron chi connectivity index (χ3n) is 5.24. The lowest BCUT2D eigenvalue weighted by Crippen LogP contribution is -2.45. The fraction of sp³-hybridized carbons (Fsp3) is 0.462. The number of pyridine rings is 1. The second-order valence-corrected chi connectivity index (χ2v) is 9.09. The summed E-state index contributed by atoms with van der Waals surface area (Å²) in [6.45, 7) is 9.74. The number of benzene rings is 1. The van der Waals surface area contributed by atoms with Crippen LogP contribution in [0, 0.1) is 12.8 Å². The summed E-state index contributed by atoms with van der Waals surface area (Å²) in [5.41, 5.74) is 0.837. The van der Waals surface area contributed by atoms with E-state index in [1.165, 1.54) is 33.2 Å². The Bertz CT molecular complexity index is 1110. The first-order valence-corrected chi connectivity index (χ1v) is 12.1. The van der Waals surface area contributed by atoms with Crippen molar-refractivity contribution in [2.75, 3.05) is 13.9 Å². The van der Waals surface area contributed by atoms with E-state index in [9.17, 15) is 14.4 Å². The average molecular weight is 537 g/mol. The molecule has 0 aliphatic heterocycles. The number of hydrogen-bond acceptors (Lipinski definition) is 9. The molecule has 0 radical (unpaired) electrons. The van der Waals surface area contributed by atoms with Crippen molar-refractivity contribution in [2.45, 2.75) is 59.8 Å². The van der Waals surface area contributed by atoms with E-state index in [1.807, 2.05) is 26.8 Å². The molecule has 1 heterocycles. The Morgan fingerprint density at radius 1 is 1.08 bits per heavy atom. The molecule has 11 heteroatoms. The molecule has 0 saturated carbocycles. The van der Waals surface area contributed by atoms with E-state index in [1.54, 1.807) is 19.1 Å². The van der Waals surface area contributed by atoms with Gasteiger partial charge in [0.05, 0.1) is 12.1 Å². The van der Waals surface area contributed by atoms with Gasteiger partial charge in [-0.3, -0.25) is 9.59 Å². The van der Waals surface area contributed by atoms with Gasteiger partial charge in [-0.1, -0.05) is 31.5 Å². The lowest BCUT2D eigenvalue weighted by Gasteiger charge is -2.29. The van der Waals surface area contributed by atoms with E-state index >= 15 is 0 Å². The number of ether oxygens (including phenoxy) is 5. The lowest BCUT2D eigenvalue weighted by molar-refractivity contribution is -0.158. The molecule has 0 aliphatic rings. The van der Waals surface area contributed by atoms with E-state index in [0.717, 1.165) is 5.56 Å². The number of carbonyl (C=O) groups is 3. The predicted molar refractivity (Wildman–Crippen MR) is 136 cm³/mol. The summed E-state index contributed by atoms with van der Waals surface area (Å²) in [6, 6.07) is 5.87. The predicted octanol–water partition coefficient (Wildman–Crippen LogP) is 4.11. The fourth-order valence-corrected chi connectivity index (χ4v) is 3.65. The van der Waals surface area contributed by atoms with Gasteiger partial charge < -0.3 is 29.0 Å². The van der Waals surface area contributed by atoms with Crippen LogP contribution in [0.4, 0.5) is 0 Å². The number of esters is 2. The highest BCUT2D eigenvalue weighted by Crippen LogP contribution is 2.30. The van der Waals surface area contributed by atoms with Crippen molar-refractivity contribution in [3.05, 3.63) is 46.7 Å². The summed E-state index contributed by atoms with van der Waals surface area (Å²) in [6.07, 6.45) is 0.203. The van der Waals surface area contributed by atoms with Crippen molar-refractivity contribution in [2.24, 2.45) is 5.92 Å². The van der Waals surface area contributed by atoms with Crippen molar-refractivity contribution in [1.82, 2.24) is 10.3 Å². The monoisotopic (exact) mass is 536 g/mol. The Labute approximate surface area is 221 Å². The van der Waals surface area contributed by atoms with Gasteiger partial charge in [0.25, 0.3) is 5.91 Å². The molecule has 0 aliphatic carbocycles. The molecule has 202 valence electrons. The van der Waals surface area contributed by atoms with Crippen molar-refractivity contribution in [3.8, 4) is 17.2 Å². The molecule has 0 saturated heterocycles. The van der Waals surface area contributed by atoms with Gasteiger partial charge in [-0.15, -0.1) is 0 Å². The summed E-state index contributed by atoms with van der Waals surface area (Å²) in [5, 5.41) is 3.01. The number of nitrogens with zero attached hydrogens (tertiary/aromatic N) is 1. The van der Waals surface area contributed by atoms with Crippen molar-refractivity contribution >= 4 is 29.4 Å². The third kappa shape index (κ3) is 8.52. The van der Waals surface area contributed by atoms with Gasteiger partial charge in [0.1, 0.15) is 24.0 Å². The fourth-order valence-electron chi connectivity index (χ4n) is 3.37. The van der Waals surface area contributed by atoms with Crippen LogP contribution in [0.5, 0.6) is 17.2 Å². The largest absolute Gasteiger partial charge is 0.493 e. The van der Waals surface area contributed by atoms with Crippen LogP contribution in [0.25, 0.3) is 0 Å². The number of rotatable bonds is 12. The van der Waals surface area contributed by atoms with Crippen LogP contribution in [0.15, 0.2) is 30.5 Å². The molecule has 0 spiro atoms. The van der Waals surface area contributed by atoms with E-state index in [-0.39, 0.29) is 23.1 Å². The highest BCUT2D eigenvalue weighted by Gasteiger charge is 2.30. The number of aromatic nitrogens is 1. The number of amides is 1. The zero-order chi connectivity index (χ0) is 27.7. The normalized spacial score (nSPS) is 13.2. The zero-order valence-corrected chi connectivity index (χ0v) is 22.8. The minimum absolute atomic E-state index is 0.0404. The lowest BCUT2D eigenvalue weighted by atomic mass is 10.0. The maximum atomic E-state index is 12.9. The number of hydrogen-bond donors (Lipinski definition) is 1. The first kappa shape index (κ1) is 29.7. The van der Waals surface area contributed by atoms with Crippen LogP contribution in [-0.4, -0.2) is 55.0 Å². The molecule has 37 heavy (non-hydrogen) atoms. The minimum atomic E-state index is -1.03. The number of halogens is 1. The smallest absolute Gasteiger partial charge is 0.328 e. The molecule has 1 aromatic heterocycles. The molecule has 10 nitrogen and oxygen atoms in total. The standard InChI is InChI=1S/C26H33ClN2O8/c1-14(2)23(17(5)36-20-9-8-15(3)12-19(20)27)37-26(32)16(4)29-25(31)22-24(35-13-34-18(6)30)21(33-7)10-11-28-22/h8-12,14,16-17,23H,13H2,1-7H3,(H,29,31)/t16-,17-,23?/m0/s1. The molecule has 1 aromatic carbocycles. The van der Waals surface area contributed by atoms with Gasteiger partial charge in [-0.2, -0.15) is 0 Å². The molecule has 2 rings (SSSR count). The van der Waals surface area contributed by atoms with Crippen LogP contribution in [-0.2, 0) is 19.1 Å². The first-order chi connectivity index (χ1) is 17.4. The second-order valence-electron chi connectivity index (χ2n) is 8.69. The van der Waals surface area contributed by atoms with Gasteiger partial charge in [-0.25, -0.2) is 9.78 Å². The number of carbonyl (C=O) groups excluding carboxylic acids is 3. The summed E-state index contributed by atoms with van der Waals surface area (Å²) < 4.78 is 27.1. The molecular formula is C26H33ClN2O8. The Morgan fingerprint density at radius 2 is 1.78 bits per heavy atom. The van der Waals surface area contributed by atoms with Gasteiger partial charge in [0.15, 0.2) is 17.2 Å². The van der Waals surface area contributed by atoms with Crippen LogP contribution < -0.4 is 19.5 Å². The molecule has 1 unspecified atom stereocenters. The van der Waals surface area contributed by atoms with Gasteiger partial charge in [-0.05, 0) is 44.4 Å². The van der Waals surface area contributed by atoms with Crippen molar-refractivity contribution in [3.63, 3.8) is 0 Å². The van der Waals surface area contributed by atoms with Crippen molar-refractivity contribution < 1.29 is 38.1 Å². The number of methoxy groups -OCH3 is 1. The molecule has 1 amide bonds. The van der Waals surface area contributed by atoms with Crippen LogP contribution >= 0.6 is 11.6 Å². The van der Waals surface area contributed by atoms with Gasteiger partial charge in [0.2, 0.25) is 6.79 Å². The van der Waals surface area contributed by atoms with Gasteiger partial charge in [0, 0.05) is 19.2 Å². The molecule has 3 atom stereocenters. The van der Waals surface area contributed by atoms with E-state index in [0.29, 0.717) is 10.8 Å². The van der Waals surface area contributed by atoms with Crippen LogP contribution in [0.1, 0.15) is 50.7 Å². The maximum absolute atomic E-state index is 12.9. The van der Waals surface area contributed by atoms with Crippen molar-refractivity contribution in [1.29, 1.82) is 0 Å². The molecule has 0 fully saturated rings. The summed E-state index contributed by atoms with van der Waals surface area (Å²) in [4.78, 5) is 40.9. The Hall–Kier alpha value is -3.53. The quantitative estimate of drug-likeness (QED) is 0.315. The Morgan fingerprint density at radius 3 is 2.38 bits per heavy atom. The highest BCUT2D eigenvalue weighted by molar-refractivity contribution is 6.32. The first-order valence-electron chi connectivity index (χ1n) is 11.7. The van der Waals surface area contributed by atoms with Crippen LogP contribution in [0.2, 0.25) is 5.02 Å². The number of aryl methyl sites for hydroxylation is 1. The third-order valence-corrected chi connectivity index (χ3v) is 5.54. The molecule has 0 bridgehead atoms. The van der Waals surface area contributed by atoms with Gasteiger partial charge >= 0.3 is 11.9 Å². The zero-order valence-electron chi connectivity index (χ0n) is 22.0. The second kappa shape index (κ2) is 13.7. The summed E-state index contributed by atoms with van der Waals surface area (Å²) in [7, 11) is 1.38. The topological polar surface area (TPSA) is 122 Å². The molecular weight excluding hydrogens is 504 g/mol. The van der Waals surface area contributed by atoms with Crippen LogP contribution in [0.3, 0.4) is 0 Å². The average Bonchev–Trinajstić information content (AvgIpc) is 2.83. The summed E-state index contributed by atoms with van der Waals surface area (Å²) >= 11 is 6.28. The number of nitrogens with one attached hydrogen (secondary N) is 1. The van der Waals surface area contributed by atoms with E-state index < -0.39 is 42.9 Å². The summed E-state index contributed by atoms with van der Waals surface area (Å²) in [5.74, 6) is -1.39. The Kier molecular flexibility index (Phi) is 11.0. The highest BCUT2D eigenvalue weighted by atomic mass is 35.5. The molecule has 2 aromatic rings. The molecule has 1 N–H and O–H groups in total.